The Kier molecular flexibility index (Phi) is 1.92. The molecule has 0 aliphatic carbocycles. The smallest absolute Gasteiger partial charge is 0.138 e. The molecule has 1 atom stereocenters. The van der Waals surface area contributed by atoms with E-state index in [0.29, 0.717) is 0 Å². The predicted octanol–water partition coefficient (Wildman–Crippen LogP) is 2.09. The van der Waals surface area contributed by atoms with Gasteiger partial charge in [0.05, 0.1) is 6.21 Å². The molecule has 0 radical (unpaired) electrons. The summed E-state index contributed by atoms with van der Waals surface area (Å²) in [4.78, 5) is 4.43. The predicted molar refractivity (Wildman–Crippen MR) is 60.2 cm³/mol. The lowest BCUT2D eigenvalue weighted by Gasteiger charge is -1.97. The van der Waals surface area contributed by atoms with Crippen LogP contribution in [0.4, 0.5) is 4.39 Å². The van der Waals surface area contributed by atoms with Crippen molar-refractivity contribution in [2.45, 2.75) is 6.04 Å². The van der Waals surface area contributed by atoms with E-state index >= 15 is 0 Å². The third-order valence-corrected chi connectivity index (χ3v) is 3.23. The zero-order chi connectivity index (χ0) is 10.3. The molecule has 2 aliphatic rings. The molecule has 0 bridgehead atoms. The summed E-state index contributed by atoms with van der Waals surface area (Å²) in [6.45, 7) is 0. The second kappa shape index (κ2) is 3.27. The summed E-state index contributed by atoms with van der Waals surface area (Å²) in [6, 6.07) is 6.29. The summed E-state index contributed by atoms with van der Waals surface area (Å²) >= 11 is 1.49. The maximum absolute atomic E-state index is 12.7. The Morgan fingerprint density at radius 3 is 2.73 bits per heavy atom. The topological polar surface area (TPSA) is 37.1 Å². The van der Waals surface area contributed by atoms with E-state index in [2.05, 4.69) is 15.2 Å². The summed E-state index contributed by atoms with van der Waals surface area (Å²) in [7, 11) is 0. The van der Waals surface area contributed by atoms with Gasteiger partial charge in [-0.15, -0.1) is 5.10 Å². The standard InChI is InChI=1S/C10H6FN3S/c11-7-3-1-6(2-4-7)9-13-8-5-12-14-10(8)15-9/h1-5,8H/t8-/m0/s1. The highest BCUT2D eigenvalue weighted by Crippen LogP contribution is 2.27. The maximum atomic E-state index is 12.7. The van der Waals surface area contributed by atoms with Gasteiger partial charge in [0.1, 0.15) is 21.9 Å². The highest BCUT2D eigenvalue weighted by Gasteiger charge is 2.28. The number of nitrogens with zero attached hydrogens (tertiary/aromatic N) is 3. The molecule has 3 rings (SSSR count). The minimum absolute atomic E-state index is 0.0185. The monoisotopic (exact) mass is 219 g/mol. The van der Waals surface area contributed by atoms with Crippen LogP contribution in [0.15, 0.2) is 39.5 Å². The molecule has 0 N–H and O–H groups in total. The average molecular weight is 219 g/mol. The van der Waals surface area contributed by atoms with Crippen LogP contribution in [0.1, 0.15) is 5.56 Å². The van der Waals surface area contributed by atoms with E-state index in [9.17, 15) is 4.39 Å². The molecular weight excluding hydrogens is 213 g/mol. The number of fused-ring (bicyclic) bond motifs is 1. The van der Waals surface area contributed by atoms with Crippen molar-refractivity contribution in [1.82, 2.24) is 0 Å². The summed E-state index contributed by atoms with van der Waals surface area (Å²) in [5.41, 5.74) is 0.923. The van der Waals surface area contributed by atoms with Crippen molar-refractivity contribution >= 4 is 28.1 Å². The van der Waals surface area contributed by atoms with Crippen molar-refractivity contribution in [3.8, 4) is 0 Å². The Labute approximate surface area is 89.8 Å². The molecule has 3 nitrogen and oxygen atoms in total. The van der Waals surface area contributed by atoms with E-state index in [1.807, 2.05) is 0 Å². The lowest BCUT2D eigenvalue weighted by atomic mass is 10.2. The summed E-state index contributed by atoms with van der Waals surface area (Å²) in [5.74, 6) is -0.235. The van der Waals surface area contributed by atoms with Crippen LogP contribution in [0.25, 0.3) is 0 Å². The van der Waals surface area contributed by atoms with Crippen LogP contribution in [0.3, 0.4) is 0 Å². The zero-order valence-corrected chi connectivity index (χ0v) is 8.41. The van der Waals surface area contributed by atoms with E-state index in [0.717, 1.165) is 15.7 Å². The van der Waals surface area contributed by atoms with Gasteiger partial charge in [0, 0.05) is 5.56 Å². The van der Waals surface area contributed by atoms with E-state index in [1.54, 1.807) is 18.3 Å². The lowest BCUT2D eigenvalue weighted by molar-refractivity contribution is 0.628. The molecule has 1 aromatic carbocycles. The molecular formula is C10H6FN3S. The number of hydrogen-bond acceptors (Lipinski definition) is 4. The minimum Gasteiger partial charge on any atom is -0.261 e. The molecule has 0 unspecified atom stereocenters. The Morgan fingerprint density at radius 1 is 1.20 bits per heavy atom. The highest BCUT2D eigenvalue weighted by molar-refractivity contribution is 8.27. The van der Waals surface area contributed by atoms with Gasteiger partial charge in [-0.25, -0.2) is 4.39 Å². The van der Waals surface area contributed by atoms with Gasteiger partial charge in [-0.1, -0.05) is 0 Å². The number of benzene rings is 1. The van der Waals surface area contributed by atoms with Crippen molar-refractivity contribution in [2.24, 2.45) is 15.2 Å². The molecule has 0 amide bonds. The van der Waals surface area contributed by atoms with Crippen molar-refractivity contribution in [3.63, 3.8) is 0 Å². The molecule has 0 aromatic heterocycles. The molecule has 5 heteroatoms. The van der Waals surface area contributed by atoms with E-state index in [-0.39, 0.29) is 11.9 Å². The third kappa shape index (κ3) is 1.48. The van der Waals surface area contributed by atoms with Crippen molar-refractivity contribution in [1.29, 1.82) is 0 Å². The Hall–Kier alpha value is -1.49. The molecule has 2 aliphatic heterocycles. The molecule has 0 fully saturated rings. The van der Waals surface area contributed by atoms with Gasteiger partial charge in [0.2, 0.25) is 0 Å². The van der Waals surface area contributed by atoms with Crippen LogP contribution in [0.2, 0.25) is 0 Å². The van der Waals surface area contributed by atoms with Gasteiger partial charge >= 0.3 is 0 Å². The van der Waals surface area contributed by atoms with E-state index in [4.69, 9.17) is 0 Å². The minimum atomic E-state index is -0.235. The summed E-state index contributed by atoms with van der Waals surface area (Å²) in [6.07, 6.45) is 1.71. The molecule has 0 spiro atoms. The van der Waals surface area contributed by atoms with Gasteiger partial charge in [-0.3, -0.25) is 4.99 Å². The van der Waals surface area contributed by atoms with Crippen LogP contribution in [-0.2, 0) is 0 Å². The second-order valence-electron chi connectivity index (χ2n) is 3.19. The summed E-state index contributed by atoms with van der Waals surface area (Å²) < 4.78 is 12.7. The maximum Gasteiger partial charge on any atom is 0.138 e. The van der Waals surface area contributed by atoms with Crippen molar-refractivity contribution in [2.75, 3.05) is 0 Å². The Morgan fingerprint density at radius 2 is 2.00 bits per heavy atom. The fraction of sp³-hybridized carbons (Fsp3) is 0.100. The highest BCUT2D eigenvalue weighted by atomic mass is 32.2. The summed E-state index contributed by atoms with van der Waals surface area (Å²) in [5, 5.41) is 9.51. The average Bonchev–Trinajstić information content (AvgIpc) is 2.78. The molecule has 0 saturated heterocycles. The first-order valence-electron chi connectivity index (χ1n) is 4.45. The number of rotatable bonds is 1. The van der Waals surface area contributed by atoms with Crippen LogP contribution in [0, 0.1) is 5.82 Å². The van der Waals surface area contributed by atoms with Crippen LogP contribution >= 0.6 is 11.8 Å². The molecule has 0 saturated carbocycles. The van der Waals surface area contributed by atoms with Gasteiger partial charge in [-0.2, -0.15) is 5.10 Å². The quantitative estimate of drug-likeness (QED) is 0.712. The van der Waals surface area contributed by atoms with Gasteiger partial charge in [0.25, 0.3) is 0 Å². The first-order chi connectivity index (χ1) is 7.33. The number of thioether (sulfide) groups is 1. The molecule has 74 valence electrons. The molecule has 2 heterocycles. The van der Waals surface area contributed by atoms with E-state index in [1.165, 1.54) is 23.9 Å². The van der Waals surface area contributed by atoms with Gasteiger partial charge in [-0.05, 0) is 36.0 Å². The number of hydrogen-bond donors (Lipinski definition) is 0. The van der Waals surface area contributed by atoms with Crippen LogP contribution in [0.5, 0.6) is 0 Å². The first-order valence-corrected chi connectivity index (χ1v) is 5.27. The second-order valence-corrected chi connectivity index (χ2v) is 4.20. The van der Waals surface area contributed by atoms with Gasteiger partial charge in [0.15, 0.2) is 0 Å². The Bertz CT molecular complexity index is 490. The van der Waals surface area contributed by atoms with Crippen LogP contribution in [-0.4, -0.2) is 22.3 Å². The molecule has 1 aromatic rings. The number of aliphatic imine (C=N–C) groups is 1. The van der Waals surface area contributed by atoms with Crippen LogP contribution < -0.4 is 0 Å². The zero-order valence-electron chi connectivity index (χ0n) is 7.59. The SMILES string of the molecule is Fc1ccc(C2=N[C@H]3C=NN=C3S2)cc1. The fourth-order valence-corrected chi connectivity index (χ4v) is 2.36. The van der Waals surface area contributed by atoms with Crippen molar-refractivity contribution < 1.29 is 4.39 Å². The Balaban J connectivity index is 1.94. The normalized spacial score (nSPS) is 22.6. The lowest BCUT2D eigenvalue weighted by Crippen LogP contribution is -2.06. The van der Waals surface area contributed by atoms with Crippen molar-refractivity contribution in [3.05, 3.63) is 35.6 Å². The first kappa shape index (κ1) is 8.79. The number of halogens is 1. The van der Waals surface area contributed by atoms with Gasteiger partial charge < -0.3 is 0 Å². The third-order valence-electron chi connectivity index (χ3n) is 2.17. The van der Waals surface area contributed by atoms with E-state index < -0.39 is 0 Å². The molecule has 15 heavy (non-hydrogen) atoms. The largest absolute Gasteiger partial charge is 0.261 e. The fourth-order valence-electron chi connectivity index (χ4n) is 1.42.